The van der Waals surface area contributed by atoms with Crippen molar-refractivity contribution in [2.24, 2.45) is 5.73 Å². The maximum Gasteiger partial charge on any atom is 0.315 e. The van der Waals surface area contributed by atoms with Crippen LogP contribution in [0.2, 0.25) is 5.02 Å². The number of hydrogen-bond donors (Lipinski definition) is 3. The molecule has 4 N–H and O–H groups in total. The van der Waals surface area contributed by atoms with E-state index in [0.29, 0.717) is 24.7 Å². The molecule has 0 aliphatic rings. The van der Waals surface area contributed by atoms with Crippen LogP contribution in [0.15, 0.2) is 24.3 Å². The maximum absolute atomic E-state index is 11.3. The molecule has 0 atom stereocenters. The molecule has 2 amide bonds. The summed E-state index contributed by atoms with van der Waals surface area (Å²) in [4.78, 5) is 11.3. The lowest BCUT2D eigenvalue weighted by Gasteiger charge is -2.07. The first-order valence-electron chi connectivity index (χ1n) is 5.18. The third-order valence-corrected chi connectivity index (χ3v) is 2.28. The van der Waals surface area contributed by atoms with Crippen LogP contribution in [-0.4, -0.2) is 19.1 Å². The second-order valence-corrected chi connectivity index (χ2v) is 3.81. The SMILES string of the molecule is NCCCNC(=O)NCc1ccc(Cl)cc1. The van der Waals surface area contributed by atoms with Crippen LogP contribution in [0.25, 0.3) is 0 Å². The van der Waals surface area contributed by atoms with Crippen LogP contribution in [0, 0.1) is 0 Å². The van der Waals surface area contributed by atoms with Crippen molar-refractivity contribution < 1.29 is 4.79 Å². The van der Waals surface area contributed by atoms with E-state index in [1.54, 1.807) is 12.1 Å². The van der Waals surface area contributed by atoms with Gasteiger partial charge in [0.15, 0.2) is 0 Å². The number of rotatable bonds is 5. The molecule has 0 heterocycles. The third kappa shape index (κ3) is 5.00. The molecule has 0 saturated heterocycles. The smallest absolute Gasteiger partial charge is 0.315 e. The van der Waals surface area contributed by atoms with E-state index in [4.69, 9.17) is 17.3 Å². The molecule has 1 aromatic rings. The van der Waals surface area contributed by atoms with Gasteiger partial charge >= 0.3 is 6.03 Å². The summed E-state index contributed by atoms with van der Waals surface area (Å²) in [6.45, 7) is 1.67. The van der Waals surface area contributed by atoms with Crippen LogP contribution >= 0.6 is 11.6 Å². The number of urea groups is 1. The minimum atomic E-state index is -0.177. The molecule has 5 heteroatoms. The Morgan fingerprint density at radius 3 is 2.56 bits per heavy atom. The number of carbonyl (C=O) groups is 1. The molecule has 0 unspecified atom stereocenters. The molecule has 0 aliphatic heterocycles. The van der Waals surface area contributed by atoms with E-state index in [2.05, 4.69) is 10.6 Å². The number of hydrogen-bond acceptors (Lipinski definition) is 2. The molecule has 88 valence electrons. The van der Waals surface area contributed by atoms with E-state index in [1.165, 1.54) is 0 Å². The number of nitrogens with two attached hydrogens (primary N) is 1. The van der Waals surface area contributed by atoms with Crippen LogP contribution in [0.3, 0.4) is 0 Å². The van der Waals surface area contributed by atoms with E-state index in [0.717, 1.165) is 12.0 Å². The lowest BCUT2D eigenvalue weighted by Crippen LogP contribution is -2.36. The van der Waals surface area contributed by atoms with Gasteiger partial charge in [-0.25, -0.2) is 4.79 Å². The largest absolute Gasteiger partial charge is 0.338 e. The minimum Gasteiger partial charge on any atom is -0.338 e. The fraction of sp³-hybridized carbons (Fsp3) is 0.364. The van der Waals surface area contributed by atoms with Gasteiger partial charge in [-0.3, -0.25) is 0 Å². The molecule has 0 aromatic heterocycles. The Bertz CT molecular complexity index is 327. The summed E-state index contributed by atoms with van der Waals surface area (Å²) in [5.74, 6) is 0. The number of benzene rings is 1. The molecular formula is C11H16ClN3O. The molecule has 0 bridgehead atoms. The summed E-state index contributed by atoms with van der Waals surface area (Å²) in [6.07, 6.45) is 0.786. The lowest BCUT2D eigenvalue weighted by molar-refractivity contribution is 0.240. The van der Waals surface area contributed by atoms with Crippen LogP contribution in [-0.2, 0) is 6.54 Å². The zero-order valence-electron chi connectivity index (χ0n) is 9.00. The molecule has 0 fully saturated rings. The molecule has 0 saturated carbocycles. The molecule has 0 aliphatic carbocycles. The maximum atomic E-state index is 11.3. The van der Waals surface area contributed by atoms with Gasteiger partial charge in [0.05, 0.1) is 0 Å². The van der Waals surface area contributed by atoms with Crippen molar-refractivity contribution in [1.29, 1.82) is 0 Å². The first kappa shape index (κ1) is 12.8. The lowest BCUT2D eigenvalue weighted by atomic mass is 10.2. The highest BCUT2D eigenvalue weighted by molar-refractivity contribution is 6.30. The highest BCUT2D eigenvalue weighted by Crippen LogP contribution is 2.08. The summed E-state index contributed by atoms with van der Waals surface area (Å²) >= 11 is 5.75. The average molecular weight is 242 g/mol. The van der Waals surface area contributed by atoms with Gasteiger partial charge in [-0.15, -0.1) is 0 Å². The van der Waals surface area contributed by atoms with Gasteiger partial charge in [0.1, 0.15) is 0 Å². The highest BCUT2D eigenvalue weighted by Gasteiger charge is 1.99. The van der Waals surface area contributed by atoms with Gasteiger partial charge in [0, 0.05) is 18.1 Å². The summed E-state index contributed by atoms with van der Waals surface area (Å²) < 4.78 is 0. The topological polar surface area (TPSA) is 67.1 Å². The van der Waals surface area contributed by atoms with Crippen molar-refractivity contribution in [2.75, 3.05) is 13.1 Å². The van der Waals surface area contributed by atoms with Crippen LogP contribution in [0.1, 0.15) is 12.0 Å². The second-order valence-electron chi connectivity index (χ2n) is 3.38. The Morgan fingerprint density at radius 2 is 1.94 bits per heavy atom. The van der Waals surface area contributed by atoms with Crippen molar-refractivity contribution in [3.8, 4) is 0 Å². The van der Waals surface area contributed by atoms with E-state index in [9.17, 15) is 4.79 Å². The molecular weight excluding hydrogens is 226 g/mol. The fourth-order valence-corrected chi connectivity index (χ4v) is 1.28. The first-order valence-corrected chi connectivity index (χ1v) is 5.56. The predicted octanol–water partition coefficient (Wildman–Crippen LogP) is 1.49. The second kappa shape index (κ2) is 7.09. The van der Waals surface area contributed by atoms with Crippen molar-refractivity contribution in [3.05, 3.63) is 34.9 Å². The van der Waals surface area contributed by atoms with E-state index in [1.807, 2.05) is 12.1 Å². The number of amides is 2. The Hall–Kier alpha value is -1.26. The van der Waals surface area contributed by atoms with E-state index >= 15 is 0 Å². The van der Waals surface area contributed by atoms with Gasteiger partial charge in [0.25, 0.3) is 0 Å². The van der Waals surface area contributed by atoms with E-state index < -0.39 is 0 Å². The molecule has 0 spiro atoms. The fourth-order valence-electron chi connectivity index (χ4n) is 1.15. The van der Waals surface area contributed by atoms with Crippen LogP contribution in [0.4, 0.5) is 4.79 Å². The predicted molar refractivity (Wildman–Crippen MR) is 65.4 cm³/mol. The summed E-state index contributed by atoms with van der Waals surface area (Å²) in [5.41, 5.74) is 6.32. The highest BCUT2D eigenvalue weighted by atomic mass is 35.5. The molecule has 16 heavy (non-hydrogen) atoms. The number of carbonyl (C=O) groups excluding carboxylic acids is 1. The molecule has 1 rings (SSSR count). The van der Waals surface area contributed by atoms with Gasteiger partial charge in [-0.05, 0) is 30.7 Å². The van der Waals surface area contributed by atoms with Crippen molar-refractivity contribution in [3.63, 3.8) is 0 Å². The van der Waals surface area contributed by atoms with Gasteiger partial charge in [-0.1, -0.05) is 23.7 Å². The van der Waals surface area contributed by atoms with Crippen molar-refractivity contribution in [1.82, 2.24) is 10.6 Å². The van der Waals surface area contributed by atoms with Gasteiger partial charge in [-0.2, -0.15) is 0 Å². The first-order chi connectivity index (χ1) is 7.72. The summed E-state index contributed by atoms with van der Waals surface area (Å²) in [7, 11) is 0. The summed E-state index contributed by atoms with van der Waals surface area (Å²) in [5, 5.41) is 6.14. The third-order valence-electron chi connectivity index (χ3n) is 2.03. The minimum absolute atomic E-state index is 0.177. The van der Waals surface area contributed by atoms with Crippen LogP contribution < -0.4 is 16.4 Å². The Kier molecular flexibility index (Phi) is 5.67. The summed E-state index contributed by atoms with van der Waals surface area (Å²) in [6, 6.07) is 7.17. The van der Waals surface area contributed by atoms with Gasteiger partial charge in [0.2, 0.25) is 0 Å². The van der Waals surface area contributed by atoms with Crippen LogP contribution in [0.5, 0.6) is 0 Å². The molecule has 4 nitrogen and oxygen atoms in total. The quantitative estimate of drug-likeness (QED) is 0.684. The standard InChI is InChI=1S/C11H16ClN3O/c12-10-4-2-9(3-5-10)8-15-11(16)14-7-1-6-13/h2-5H,1,6-8,13H2,(H2,14,15,16). The Balaban J connectivity index is 2.23. The van der Waals surface area contributed by atoms with Gasteiger partial charge < -0.3 is 16.4 Å². The molecule has 0 radical (unpaired) electrons. The Morgan fingerprint density at radius 1 is 1.25 bits per heavy atom. The normalized spacial score (nSPS) is 9.88. The van der Waals surface area contributed by atoms with Crippen molar-refractivity contribution >= 4 is 17.6 Å². The molecule has 1 aromatic carbocycles. The zero-order chi connectivity index (χ0) is 11.8. The monoisotopic (exact) mass is 241 g/mol. The number of halogens is 1. The number of nitrogens with one attached hydrogen (secondary N) is 2. The van der Waals surface area contributed by atoms with E-state index in [-0.39, 0.29) is 6.03 Å². The Labute approximate surface area is 100 Å². The zero-order valence-corrected chi connectivity index (χ0v) is 9.76. The van der Waals surface area contributed by atoms with Crippen molar-refractivity contribution in [2.45, 2.75) is 13.0 Å². The average Bonchev–Trinajstić information content (AvgIpc) is 2.29.